The Labute approximate surface area is 86.4 Å². The lowest BCUT2D eigenvalue weighted by atomic mass is 10.0. The van der Waals surface area contributed by atoms with Gasteiger partial charge in [0.05, 0.1) is 6.04 Å². The molecule has 1 aliphatic carbocycles. The maximum Gasteiger partial charge on any atom is 0.234 e. The molecule has 1 atom stereocenters. The number of nitrogens with one attached hydrogen (secondary N) is 1. The van der Waals surface area contributed by atoms with Crippen molar-refractivity contribution >= 4 is 5.91 Å². The number of hydrogen-bond donors (Lipinski definition) is 2. The molecule has 0 heterocycles. The van der Waals surface area contributed by atoms with E-state index in [2.05, 4.69) is 5.32 Å². The minimum Gasteiger partial charge on any atom is -0.368 e. The lowest BCUT2D eigenvalue weighted by molar-refractivity contribution is -0.119. The van der Waals surface area contributed by atoms with Crippen LogP contribution in [0.2, 0.25) is 0 Å². The van der Waals surface area contributed by atoms with Gasteiger partial charge in [-0.15, -0.1) is 0 Å². The van der Waals surface area contributed by atoms with Gasteiger partial charge in [-0.3, -0.25) is 4.79 Å². The molecule has 1 rings (SSSR count). The Kier molecular flexibility index (Phi) is 4.94. The van der Waals surface area contributed by atoms with Crippen LogP contribution in [0.3, 0.4) is 0 Å². The average molecular weight is 198 g/mol. The molecular weight excluding hydrogens is 176 g/mol. The fourth-order valence-corrected chi connectivity index (χ4v) is 2.01. The number of carbonyl (C=O) groups excluding carboxylic acids is 1. The summed E-state index contributed by atoms with van der Waals surface area (Å²) in [5, 5.41) is 3.20. The molecule has 0 aromatic rings. The first-order chi connectivity index (χ1) is 6.70. The molecule has 3 heteroatoms. The van der Waals surface area contributed by atoms with Crippen molar-refractivity contribution in [3.63, 3.8) is 0 Å². The Morgan fingerprint density at radius 1 is 1.36 bits per heavy atom. The number of nitrogens with two attached hydrogens (primary N) is 1. The highest BCUT2D eigenvalue weighted by atomic mass is 16.1. The summed E-state index contributed by atoms with van der Waals surface area (Å²) in [6.45, 7) is 2.78. The molecule has 1 saturated carbocycles. The molecule has 3 nitrogen and oxygen atoms in total. The van der Waals surface area contributed by atoms with E-state index < -0.39 is 0 Å². The average Bonchev–Trinajstić information content (AvgIpc) is 2.42. The van der Waals surface area contributed by atoms with Crippen molar-refractivity contribution in [3.8, 4) is 0 Å². The highest BCUT2D eigenvalue weighted by Gasteiger charge is 2.14. The van der Waals surface area contributed by atoms with Crippen molar-refractivity contribution in [2.24, 2.45) is 11.7 Å². The summed E-state index contributed by atoms with van der Waals surface area (Å²) in [6, 6.07) is -0.182. The van der Waals surface area contributed by atoms with Gasteiger partial charge < -0.3 is 11.1 Å². The van der Waals surface area contributed by atoms with E-state index in [0.717, 1.165) is 12.5 Å². The lowest BCUT2D eigenvalue weighted by Crippen LogP contribution is -2.40. The predicted octanol–water partition coefficient (Wildman–Crippen LogP) is 1.42. The van der Waals surface area contributed by atoms with Gasteiger partial charge in [-0.1, -0.05) is 25.7 Å². The van der Waals surface area contributed by atoms with Crippen LogP contribution in [0.4, 0.5) is 0 Å². The fourth-order valence-electron chi connectivity index (χ4n) is 2.01. The minimum absolute atomic E-state index is 0.182. The zero-order valence-electron chi connectivity index (χ0n) is 9.09. The third-order valence-electron chi connectivity index (χ3n) is 3.11. The molecule has 0 saturated heterocycles. The third kappa shape index (κ3) is 4.09. The summed E-state index contributed by atoms with van der Waals surface area (Å²) >= 11 is 0. The van der Waals surface area contributed by atoms with Crippen LogP contribution in [-0.2, 0) is 4.79 Å². The van der Waals surface area contributed by atoms with Crippen molar-refractivity contribution in [1.29, 1.82) is 0 Å². The molecular formula is C11H22N2O. The Hall–Kier alpha value is -0.570. The zero-order valence-corrected chi connectivity index (χ0v) is 9.09. The zero-order chi connectivity index (χ0) is 10.4. The van der Waals surface area contributed by atoms with Crippen molar-refractivity contribution in [1.82, 2.24) is 5.32 Å². The van der Waals surface area contributed by atoms with E-state index in [1.165, 1.54) is 38.5 Å². The summed E-state index contributed by atoms with van der Waals surface area (Å²) in [5.41, 5.74) is 5.18. The molecule has 0 aromatic heterocycles. The standard InChI is InChI=1S/C11H22N2O/c1-9(11(12)14)13-8-10-6-4-2-3-5-7-10/h9-10,13H,2-8H2,1H3,(H2,12,14). The molecule has 1 fully saturated rings. The van der Waals surface area contributed by atoms with Gasteiger partial charge in [-0.25, -0.2) is 0 Å². The Bertz CT molecular complexity index is 174. The lowest BCUT2D eigenvalue weighted by Gasteiger charge is -2.17. The van der Waals surface area contributed by atoms with E-state index in [1.54, 1.807) is 0 Å². The highest BCUT2D eigenvalue weighted by Crippen LogP contribution is 2.22. The molecule has 0 aromatic carbocycles. The molecule has 1 aliphatic rings. The minimum atomic E-state index is -0.251. The first-order valence-corrected chi connectivity index (χ1v) is 5.73. The summed E-state index contributed by atoms with van der Waals surface area (Å²) in [4.78, 5) is 10.8. The van der Waals surface area contributed by atoms with Crippen LogP contribution in [0, 0.1) is 5.92 Å². The number of amides is 1. The van der Waals surface area contributed by atoms with Crippen LogP contribution in [-0.4, -0.2) is 18.5 Å². The van der Waals surface area contributed by atoms with Gasteiger partial charge in [0.25, 0.3) is 0 Å². The van der Waals surface area contributed by atoms with Crippen LogP contribution in [0.5, 0.6) is 0 Å². The van der Waals surface area contributed by atoms with Gasteiger partial charge >= 0.3 is 0 Å². The van der Waals surface area contributed by atoms with Crippen LogP contribution in [0.15, 0.2) is 0 Å². The maximum absolute atomic E-state index is 10.8. The molecule has 1 unspecified atom stereocenters. The highest BCUT2D eigenvalue weighted by molar-refractivity contribution is 5.79. The topological polar surface area (TPSA) is 55.1 Å². The van der Waals surface area contributed by atoms with Crippen LogP contribution in [0.25, 0.3) is 0 Å². The smallest absolute Gasteiger partial charge is 0.234 e. The normalized spacial score (nSPS) is 21.5. The second-order valence-electron chi connectivity index (χ2n) is 4.39. The van der Waals surface area contributed by atoms with Gasteiger partial charge in [-0.05, 0) is 32.2 Å². The molecule has 0 aliphatic heterocycles. The largest absolute Gasteiger partial charge is 0.368 e. The number of carbonyl (C=O) groups is 1. The molecule has 0 spiro atoms. The Balaban J connectivity index is 2.18. The van der Waals surface area contributed by atoms with Crippen molar-refractivity contribution in [3.05, 3.63) is 0 Å². The van der Waals surface area contributed by atoms with Crippen molar-refractivity contribution in [2.75, 3.05) is 6.54 Å². The van der Waals surface area contributed by atoms with Crippen LogP contribution in [0.1, 0.15) is 45.4 Å². The first kappa shape index (κ1) is 11.5. The third-order valence-corrected chi connectivity index (χ3v) is 3.11. The maximum atomic E-state index is 10.8. The van der Waals surface area contributed by atoms with E-state index >= 15 is 0 Å². The second kappa shape index (κ2) is 6.02. The molecule has 3 N–H and O–H groups in total. The summed E-state index contributed by atoms with van der Waals surface area (Å²) in [7, 11) is 0. The van der Waals surface area contributed by atoms with E-state index in [-0.39, 0.29) is 11.9 Å². The van der Waals surface area contributed by atoms with Gasteiger partial charge in [0, 0.05) is 0 Å². The molecule has 82 valence electrons. The van der Waals surface area contributed by atoms with Crippen LogP contribution >= 0.6 is 0 Å². The van der Waals surface area contributed by atoms with E-state index in [1.807, 2.05) is 6.92 Å². The summed E-state index contributed by atoms with van der Waals surface area (Å²) in [6.07, 6.45) is 8.05. The summed E-state index contributed by atoms with van der Waals surface area (Å²) < 4.78 is 0. The van der Waals surface area contributed by atoms with Gasteiger partial charge in [0.2, 0.25) is 5.91 Å². The Morgan fingerprint density at radius 2 is 1.93 bits per heavy atom. The number of primary amides is 1. The predicted molar refractivity (Wildman–Crippen MR) is 57.9 cm³/mol. The monoisotopic (exact) mass is 198 g/mol. The number of rotatable bonds is 4. The molecule has 0 radical (unpaired) electrons. The number of hydrogen-bond acceptors (Lipinski definition) is 2. The first-order valence-electron chi connectivity index (χ1n) is 5.73. The molecule has 1 amide bonds. The van der Waals surface area contributed by atoms with Gasteiger partial charge in [0.1, 0.15) is 0 Å². The quantitative estimate of drug-likeness (QED) is 0.671. The Morgan fingerprint density at radius 3 is 2.43 bits per heavy atom. The van der Waals surface area contributed by atoms with Crippen molar-refractivity contribution in [2.45, 2.75) is 51.5 Å². The summed E-state index contributed by atoms with van der Waals surface area (Å²) in [5.74, 6) is 0.498. The SMILES string of the molecule is CC(NCC1CCCCCC1)C(N)=O. The van der Waals surface area contributed by atoms with E-state index in [4.69, 9.17) is 5.73 Å². The second-order valence-corrected chi connectivity index (χ2v) is 4.39. The molecule has 0 bridgehead atoms. The van der Waals surface area contributed by atoms with Gasteiger partial charge in [-0.2, -0.15) is 0 Å². The van der Waals surface area contributed by atoms with E-state index in [9.17, 15) is 4.79 Å². The fraction of sp³-hybridized carbons (Fsp3) is 0.909. The van der Waals surface area contributed by atoms with E-state index in [0.29, 0.717) is 0 Å². The van der Waals surface area contributed by atoms with Crippen molar-refractivity contribution < 1.29 is 4.79 Å². The van der Waals surface area contributed by atoms with Gasteiger partial charge in [0.15, 0.2) is 0 Å². The molecule has 14 heavy (non-hydrogen) atoms. The van der Waals surface area contributed by atoms with Crippen LogP contribution < -0.4 is 11.1 Å².